The Kier molecular flexibility index (Phi) is 20.0. The van der Waals surface area contributed by atoms with Gasteiger partial charge in [-0.2, -0.15) is 25.5 Å². The Hall–Kier alpha value is -0.618. The van der Waals surface area contributed by atoms with Gasteiger partial charge in [0.25, 0.3) is 0 Å². The van der Waals surface area contributed by atoms with E-state index < -0.39 is 0 Å². The monoisotopic (exact) mass is 731 g/mol. The molecule has 4 rings (SSSR count). The third-order valence-corrected chi connectivity index (χ3v) is 7.20. The van der Waals surface area contributed by atoms with E-state index >= 15 is 0 Å². The Morgan fingerprint density at radius 3 is 2.17 bits per heavy atom. The summed E-state index contributed by atoms with van der Waals surface area (Å²) in [6, 6.07) is 18.3. The third kappa shape index (κ3) is 15.0. The van der Waals surface area contributed by atoms with Crippen molar-refractivity contribution in [2.75, 3.05) is 12.8 Å². The Bertz CT molecular complexity index is 827. The molecule has 2 aliphatic carbocycles. The number of hydrogen-bond donors (Lipinski definition) is 2. The predicted octanol–water partition coefficient (Wildman–Crippen LogP) is 9.84. The molecule has 0 spiro atoms. The van der Waals surface area contributed by atoms with E-state index in [9.17, 15) is 0 Å². The molecule has 0 radical (unpaired) electrons. The molecule has 2 aliphatic rings. The molecule has 198 valence electrons. The van der Waals surface area contributed by atoms with Crippen LogP contribution in [0.5, 0.6) is 0 Å². The molecule has 36 heavy (non-hydrogen) atoms. The first kappa shape index (κ1) is 35.4. The van der Waals surface area contributed by atoms with E-state index in [0.29, 0.717) is 5.92 Å². The molecule has 0 aliphatic heterocycles. The predicted molar refractivity (Wildman–Crippen MR) is 161 cm³/mol. The first-order chi connectivity index (χ1) is 16.8. The molecule has 3 heteroatoms. The van der Waals surface area contributed by atoms with Crippen LogP contribution in [0.4, 0.5) is 0 Å². The fraction of sp³-hybridized carbons (Fsp3) is 0.545. The maximum atomic E-state index is 4.00. The summed E-state index contributed by atoms with van der Waals surface area (Å²) in [6.07, 6.45) is 14.4. The van der Waals surface area contributed by atoms with Crippen LogP contribution in [0, 0.1) is 49.0 Å². The summed E-state index contributed by atoms with van der Waals surface area (Å²) in [5.41, 5.74) is 6.89. The molecule has 0 atom stereocenters. The van der Waals surface area contributed by atoms with Crippen molar-refractivity contribution in [3.63, 3.8) is 0 Å². The summed E-state index contributed by atoms with van der Waals surface area (Å²) in [6.45, 7) is 15.2. The number of thiol groups is 1. The van der Waals surface area contributed by atoms with Crippen molar-refractivity contribution in [3.05, 3.63) is 78.4 Å². The largest absolute Gasteiger partial charge is 2.00 e. The molecule has 2 fully saturated rings. The molecular weight excluding hydrogens is 680 g/mol. The molecule has 0 amide bonds. The van der Waals surface area contributed by atoms with Crippen LogP contribution >= 0.6 is 12.6 Å². The Balaban J connectivity index is 0.000000619. The standard InChI is InChI=1S/C19H22N.C6H12.C5H9.C3H8S.U/c1-14(2)18-10-5-6-11-19(18)17-9-7-8-16(13-17)12-15(3)20-4;1-3-6(2)4-5-6;1-2-4-5-3-1;1-2-3-4;/h5-8,10-11,13-14,20H,3,12H2,1-2,4H3;3-5H2,1-2H3;1H,2-5H2;4H,2-3H2,1H3;/q-1;;-1;;+2. The average molecular weight is 732 g/mol. The molecule has 0 unspecified atom stereocenters. The summed E-state index contributed by atoms with van der Waals surface area (Å²) >= 11 is 3.92. The van der Waals surface area contributed by atoms with Gasteiger partial charge in [-0.15, -0.1) is 35.4 Å². The van der Waals surface area contributed by atoms with Gasteiger partial charge < -0.3 is 11.7 Å². The van der Waals surface area contributed by atoms with Crippen LogP contribution < -0.4 is 5.32 Å². The van der Waals surface area contributed by atoms with E-state index in [4.69, 9.17) is 0 Å². The molecule has 1 nitrogen and oxygen atoms in total. The Morgan fingerprint density at radius 2 is 1.75 bits per heavy atom. The summed E-state index contributed by atoms with van der Waals surface area (Å²) in [7, 11) is 1.91. The second-order valence-corrected chi connectivity index (χ2v) is 10.8. The summed E-state index contributed by atoms with van der Waals surface area (Å²) in [5, 5.41) is 3.10. The molecular formula is C33H51NSU. The summed E-state index contributed by atoms with van der Waals surface area (Å²) in [4.78, 5) is 0. The fourth-order valence-corrected chi connectivity index (χ4v) is 3.65. The van der Waals surface area contributed by atoms with Gasteiger partial charge >= 0.3 is 31.1 Å². The SMILES string of the molecule is C=C(Cc1cc[c-]c(-c2ccccc2C(C)C)c1)NC.CCC1(C)CC1.CCCS.[CH-]1CCCC1.[U+2]. The zero-order chi connectivity index (χ0) is 26.1. The van der Waals surface area contributed by atoms with Gasteiger partial charge in [0, 0.05) is 12.7 Å². The smallest absolute Gasteiger partial charge is 0.392 e. The normalized spacial score (nSPS) is 14.6. The molecule has 1 N–H and O–H groups in total. The van der Waals surface area contributed by atoms with Gasteiger partial charge in [0.2, 0.25) is 0 Å². The molecule has 2 aromatic carbocycles. The molecule has 2 aromatic rings. The fourth-order valence-electron chi connectivity index (χ4n) is 3.65. The number of nitrogens with one attached hydrogen (secondary N) is 1. The molecule has 0 saturated heterocycles. The first-order valence-electron chi connectivity index (χ1n) is 13.7. The maximum absolute atomic E-state index is 4.00. The maximum Gasteiger partial charge on any atom is 2.00 e. The van der Waals surface area contributed by atoms with E-state index in [1.54, 1.807) is 0 Å². The van der Waals surface area contributed by atoms with Crippen molar-refractivity contribution in [2.45, 2.75) is 98.3 Å². The minimum absolute atomic E-state index is 0. The van der Waals surface area contributed by atoms with Gasteiger partial charge in [0.1, 0.15) is 0 Å². The van der Waals surface area contributed by atoms with Crippen LogP contribution in [0.1, 0.15) is 103 Å². The summed E-state index contributed by atoms with van der Waals surface area (Å²) in [5.74, 6) is 1.52. The second kappa shape index (κ2) is 20.4. The average Bonchev–Trinajstić information content (AvgIpc) is 3.34. The number of benzene rings is 2. The minimum atomic E-state index is 0. The number of likely N-dealkylation sites (N-methyl/N-ethyl adjacent to an activating group) is 1. The van der Waals surface area contributed by atoms with Gasteiger partial charge in [-0.3, -0.25) is 0 Å². The topological polar surface area (TPSA) is 12.0 Å². The van der Waals surface area contributed by atoms with Crippen LogP contribution in [-0.2, 0) is 6.42 Å². The van der Waals surface area contributed by atoms with Gasteiger partial charge in [-0.25, -0.2) is 0 Å². The molecule has 0 heterocycles. The van der Waals surface area contributed by atoms with Crippen molar-refractivity contribution >= 4 is 12.6 Å². The van der Waals surface area contributed by atoms with E-state index in [0.717, 1.165) is 28.8 Å². The van der Waals surface area contributed by atoms with Crippen molar-refractivity contribution in [2.24, 2.45) is 5.41 Å². The van der Waals surface area contributed by atoms with Crippen molar-refractivity contribution in [3.8, 4) is 11.1 Å². The minimum Gasteiger partial charge on any atom is -0.392 e. The Labute approximate surface area is 253 Å². The van der Waals surface area contributed by atoms with E-state index in [2.05, 4.69) is 108 Å². The van der Waals surface area contributed by atoms with Crippen LogP contribution in [0.15, 0.2) is 54.7 Å². The summed E-state index contributed by atoms with van der Waals surface area (Å²) < 4.78 is 0. The molecule has 0 aromatic heterocycles. The van der Waals surface area contributed by atoms with E-state index in [1.807, 2.05) is 13.1 Å². The first-order valence-corrected chi connectivity index (χ1v) is 14.3. The van der Waals surface area contributed by atoms with Crippen LogP contribution in [0.25, 0.3) is 11.1 Å². The van der Waals surface area contributed by atoms with E-state index in [-0.39, 0.29) is 31.1 Å². The molecule has 2 saturated carbocycles. The van der Waals surface area contributed by atoms with Crippen molar-refractivity contribution in [1.82, 2.24) is 5.32 Å². The third-order valence-electron chi connectivity index (χ3n) is 6.76. The zero-order valence-corrected chi connectivity index (χ0v) is 29.0. The van der Waals surface area contributed by atoms with Crippen molar-refractivity contribution < 1.29 is 31.1 Å². The van der Waals surface area contributed by atoms with Gasteiger partial charge in [0.15, 0.2) is 0 Å². The van der Waals surface area contributed by atoms with Gasteiger partial charge in [0.05, 0.1) is 0 Å². The van der Waals surface area contributed by atoms with Crippen LogP contribution in [-0.4, -0.2) is 12.8 Å². The van der Waals surface area contributed by atoms with Crippen LogP contribution in [0.2, 0.25) is 0 Å². The number of hydrogen-bond acceptors (Lipinski definition) is 2. The quantitative estimate of drug-likeness (QED) is 0.214. The van der Waals surface area contributed by atoms with Gasteiger partial charge in [-0.05, 0) is 42.8 Å². The molecule has 0 bridgehead atoms. The van der Waals surface area contributed by atoms with Gasteiger partial charge in [-0.1, -0.05) is 95.9 Å². The number of allylic oxidation sites excluding steroid dienone is 1. The van der Waals surface area contributed by atoms with Crippen molar-refractivity contribution in [1.29, 1.82) is 0 Å². The van der Waals surface area contributed by atoms with Crippen LogP contribution in [0.3, 0.4) is 0 Å². The zero-order valence-electron chi connectivity index (χ0n) is 23.9. The Morgan fingerprint density at radius 1 is 1.14 bits per heavy atom. The van der Waals surface area contributed by atoms with E-state index in [1.165, 1.54) is 68.1 Å². The second-order valence-electron chi connectivity index (χ2n) is 10.3. The number of rotatable bonds is 7.